The average molecular weight is 383 g/mol. The van der Waals surface area contributed by atoms with Crippen molar-refractivity contribution in [3.05, 3.63) is 63.8 Å². The molecule has 0 aliphatic carbocycles. The molecule has 2 heterocycles. The van der Waals surface area contributed by atoms with E-state index >= 15 is 0 Å². The second kappa shape index (κ2) is 8.47. The number of nitrogens with one attached hydrogen (secondary N) is 2. The number of rotatable bonds is 7. The van der Waals surface area contributed by atoms with Crippen molar-refractivity contribution in [2.24, 2.45) is 0 Å². The topological polar surface area (TPSA) is 118 Å². The van der Waals surface area contributed by atoms with Gasteiger partial charge in [-0.05, 0) is 18.9 Å². The number of hydrogen-bond acceptors (Lipinski definition) is 6. The molecule has 1 atom stereocenters. The lowest BCUT2D eigenvalue weighted by molar-refractivity contribution is -0.145. The normalized spacial score (nSPS) is 11.9. The number of ether oxygens (including phenoxy) is 1. The van der Waals surface area contributed by atoms with E-state index in [0.717, 1.165) is 5.56 Å². The summed E-state index contributed by atoms with van der Waals surface area (Å²) in [5.74, 6) is -0.585. The Morgan fingerprint density at radius 1 is 1.29 bits per heavy atom. The molecule has 0 bridgehead atoms. The smallest absolute Gasteiger partial charge is 0.328 e. The SMILES string of the molecule is COC(=O)[C@@H](Cc1ccccc1)NC(=O)CCc1c(C)nc2nc[nH]n2c1=O. The second-order valence-corrected chi connectivity index (χ2v) is 6.34. The zero-order valence-electron chi connectivity index (χ0n) is 15.6. The van der Waals surface area contributed by atoms with Crippen LogP contribution in [0.4, 0.5) is 0 Å². The number of nitrogens with zero attached hydrogens (tertiary/aromatic N) is 3. The van der Waals surface area contributed by atoms with Gasteiger partial charge in [0.1, 0.15) is 12.4 Å². The highest BCUT2D eigenvalue weighted by Gasteiger charge is 2.22. The first kappa shape index (κ1) is 19.3. The largest absolute Gasteiger partial charge is 0.467 e. The molecule has 1 aromatic carbocycles. The molecule has 0 spiro atoms. The maximum atomic E-state index is 12.5. The van der Waals surface area contributed by atoms with Crippen LogP contribution in [0.3, 0.4) is 0 Å². The van der Waals surface area contributed by atoms with Crippen molar-refractivity contribution in [1.29, 1.82) is 0 Å². The monoisotopic (exact) mass is 383 g/mol. The van der Waals surface area contributed by atoms with Crippen LogP contribution in [0.1, 0.15) is 23.2 Å². The Kier molecular flexibility index (Phi) is 5.83. The van der Waals surface area contributed by atoms with Gasteiger partial charge in [-0.3, -0.25) is 14.7 Å². The van der Waals surface area contributed by atoms with Crippen molar-refractivity contribution < 1.29 is 14.3 Å². The van der Waals surface area contributed by atoms with E-state index in [1.807, 2.05) is 30.3 Å². The Bertz CT molecular complexity index is 1040. The number of fused-ring (bicyclic) bond motifs is 1. The number of amides is 1. The molecule has 9 heteroatoms. The fourth-order valence-electron chi connectivity index (χ4n) is 2.97. The molecule has 0 unspecified atom stereocenters. The van der Waals surface area contributed by atoms with Crippen molar-refractivity contribution in [3.63, 3.8) is 0 Å². The van der Waals surface area contributed by atoms with Crippen molar-refractivity contribution in [2.45, 2.75) is 32.2 Å². The number of carbonyl (C=O) groups is 2. The minimum absolute atomic E-state index is 0.0419. The van der Waals surface area contributed by atoms with Crippen LogP contribution in [0.25, 0.3) is 5.78 Å². The number of aromatic nitrogens is 4. The standard InChI is InChI=1S/C19H21N5O4/c1-12-14(17(26)24-19(22-12)20-11-21-24)8-9-16(25)23-15(18(27)28-2)10-13-6-4-3-5-7-13/h3-7,11,15H,8-10H2,1-2H3,(H,23,25)(H,20,21,22)/t15-/m1/s1. The zero-order chi connectivity index (χ0) is 20.1. The average Bonchev–Trinajstić information content (AvgIpc) is 3.16. The predicted octanol–water partition coefficient (Wildman–Crippen LogP) is 0.559. The molecule has 3 rings (SSSR count). The highest BCUT2D eigenvalue weighted by molar-refractivity contribution is 5.84. The van der Waals surface area contributed by atoms with Crippen LogP contribution in [0.15, 0.2) is 41.5 Å². The second-order valence-electron chi connectivity index (χ2n) is 6.34. The van der Waals surface area contributed by atoms with Crippen LogP contribution in [-0.4, -0.2) is 44.6 Å². The van der Waals surface area contributed by atoms with E-state index in [2.05, 4.69) is 20.4 Å². The van der Waals surface area contributed by atoms with Gasteiger partial charge in [-0.1, -0.05) is 30.3 Å². The lowest BCUT2D eigenvalue weighted by Crippen LogP contribution is -2.43. The van der Waals surface area contributed by atoms with Gasteiger partial charge < -0.3 is 10.1 Å². The third kappa shape index (κ3) is 4.25. The Balaban J connectivity index is 1.68. The molecule has 0 saturated heterocycles. The molecule has 2 N–H and O–H groups in total. The minimum Gasteiger partial charge on any atom is -0.467 e. The van der Waals surface area contributed by atoms with Crippen molar-refractivity contribution in [1.82, 2.24) is 24.9 Å². The lowest BCUT2D eigenvalue weighted by atomic mass is 10.1. The first-order valence-corrected chi connectivity index (χ1v) is 8.82. The van der Waals surface area contributed by atoms with Gasteiger partial charge in [0, 0.05) is 18.4 Å². The summed E-state index contributed by atoms with van der Waals surface area (Å²) >= 11 is 0. The third-order valence-corrected chi connectivity index (χ3v) is 4.44. The van der Waals surface area contributed by atoms with Crippen LogP contribution >= 0.6 is 0 Å². The van der Waals surface area contributed by atoms with E-state index < -0.39 is 12.0 Å². The number of H-pyrrole nitrogens is 1. The number of benzene rings is 1. The van der Waals surface area contributed by atoms with Crippen LogP contribution in [-0.2, 0) is 27.2 Å². The highest BCUT2D eigenvalue weighted by Crippen LogP contribution is 2.07. The summed E-state index contributed by atoms with van der Waals surface area (Å²) in [6, 6.07) is 8.55. The van der Waals surface area contributed by atoms with E-state index in [4.69, 9.17) is 4.74 Å². The molecule has 0 aliphatic heterocycles. The molecular formula is C19H21N5O4. The van der Waals surface area contributed by atoms with E-state index in [9.17, 15) is 14.4 Å². The number of hydrogen-bond donors (Lipinski definition) is 2. The molecular weight excluding hydrogens is 362 g/mol. The molecule has 9 nitrogen and oxygen atoms in total. The van der Waals surface area contributed by atoms with E-state index in [1.165, 1.54) is 18.0 Å². The van der Waals surface area contributed by atoms with Gasteiger partial charge in [0.2, 0.25) is 5.91 Å². The summed E-state index contributed by atoms with van der Waals surface area (Å²) in [6.45, 7) is 1.70. The molecule has 2 aromatic heterocycles. The summed E-state index contributed by atoms with van der Waals surface area (Å²) < 4.78 is 6.03. The van der Waals surface area contributed by atoms with Crippen LogP contribution < -0.4 is 10.9 Å². The molecule has 0 aliphatic rings. The highest BCUT2D eigenvalue weighted by atomic mass is 16.5. The van der Waals surface area contributed by atoms with Crippen molar-refractivity contribution >= 4 is 17.7 Å². The van der Waals surface area contributed by atoms with Gasteiger partial charge in [-0.2, -0.15) is 4.52 Å². The summed E-state index contributed by atoms with van der Waals surface area (Å²) in [7, 11) is 1.28. The fraction of sp³-hybridized carbons (Fsp3) is 0.316. The number of esters is 1. The molecule has 0 radical (unpaired) electrons. The maximum Gasteiger partial charge on any atom is 0.328 e. The van der Waals surface area contributed by atoms with Gasteiger partial charge in [-0.25, -0.2) is 14.8 Å². The van der Waals surface area contributed by atoms with Gasteiger partial charge in [0.25, 0.3) is 11.3 Å². The molecule has 3 aromatic rings. The first-order valence-electron chi connectivity index (χ1n) is 8.82. The number of aryl methyl sites for hydroxylation is 1. The Morgan fingerprint density at radius 3 is 2.75 bits per heavy atom. The quantitative estimate of drug-likeness (QED) is 0.576. The third-order valence-electron chi connectivity index (χ3n) is 4.44. The van der Waals surface area contributed by atoms with Gasteiger partial charge in [-0.15, -0.1) is 0 Å². The van der Waals surface area contributed by atoms with E-state index in [1.54, 1.807) is 6.92 Å². The lowest BCUT2D eigenvalue weighted by Gasteiger charge is -2.16. The summed E-state index contributed by atoms with van der Waals surface area (Å²) in [5.41, 5.74) is 1.57. The molecule has 146 valence electrons. The van der Waals surface area contributed by atoms with Gasteiger partial charge in [0.15, 0.2) is 0 Å². The summed E-state index contributed by atoms with van der Waals surface area (Å²) in [5, 5.41) is 5.39. The van der Waals surface area contributed by atoms with Crippen molar-refractivity contribution in [3.8, 4) is 0 Å². The zero-order valence-corrected chi connectivity index (χ0v) is 15.6. The molecule has 1 amide bonds. The number of methoxy groups -OCH3 is 1. The van der Waals surface area contributed by atoms with E-state index in [0.29, 0.717) is 17.7 Å². The summed E-state index contributed by atoms with van der Waals surface area (Å²) in [6.07, 6.45) is 1.94. The number of aromatic amines is 1. The predicted molar refractivity (Wildman–Crippen MR) is 101 cm³/mol. The fourth-order valence-corrected chi connectivity index (χ4v) is 2.97. The number of carbonyl (C=O) groups excluding carboxylic acids is 2. The first-order chi connectivity index (χ1) is 13.5. The van der Waals surface area contributed by atoms with Crippen LogP contribution in [0.2, 0.25) is 0 Å². The van der Waals surface area contributed by atoms with Gasteiger partial charge >= 0.3 is 5.97 Å². The Labute approximate surface area is 160 Å². The molecule has 0 saturated carbocycles. The van der Waals surface area contributed by atoms with Gasteiger partial charge in [0.05, 0.1) is 12.8 Å². The molecule has 28 heavy (non-hydrogen) atoms. The van der Waals surface area contributed by atoms with Crippen LogP contribution in [0, 0.1) is 6.92 Å². The Morgan fingerprint density at radius 2 is 2.04 bits per heavy atom. The minimum atomic E-state index is -0.796. The summed E-state index contributed by atoms with van der Waals surface area (Å²) in [4.78, 5) is 45.1. The Hall–Kier alpha value is -3.49. The van der Waals surface area contributed by atoms with Crippen LogP contribution in [0.5, 0.6) is 0 Å². The maximum absolute atomic E-state index is 12.5. The van der Waals surface area contributed by atoms with E-state index in [-0.39, 0.29) is 30.1 Å². The van der Waals surface area contributed by atoms with Crippen molar-refractivity contribution in [2.75, 3.05) is 7.11 Å². The molecule has 0 fully saturated rings.